The largest absolute Gasteiger partial charge is 0.480 e. The van der Waals surface area contributed by atoms with Crippen LogP contribution in [-0.2, 0) is 4.79 Å². The monoisotopic (exact) mass is 369 g/mol. The third-order valence-corrected chi connectivity index (χ3v) is 3.75. The number of carboxylic acid groups (broad SMARTS) is 1. The molecule has 0 fully saturated rings. The van der Waals surface area contributed by atoms with Gasteiger partial charge in [-0.3, -0.25) is 4.79 Å². The number of carbonyl (C=O) groups is 3. The van der Waals surface area contributed by atoms with Crippen molar-refractivity contribution in [2.24, 2.45) is 5.92 Å². The fourth-order valence-electron chi connectivity index (χ4n) is 2.45. The zero-order valence-corrected chi connectivity index (χ0v) is 15.2. The Morgan fingerprint density at radius 1 is 0.889 bits per heavy atom. The number of rotatable bonds is 7. The molecule has 0 heterocycles. The number of hydrogen-bond acceptors (Lipinski definition) is 3. The third-order valence-electron chi connectivity index (χ3n) is 3.75. The Morgan fingerprint density at radius 3 is 1.96 bits per heavy atom. The first-order valence-corrected chi connectivity index (χ1v) is 8.62. The van der Waals surface area contributed by atoms with Crippen molar-refractivity contribution in [1.82, 2.24) is 5.32 Å². The lowest BCUT2D eigenvalue weighted by Crippen LogP contribution is -2.41. The SMILES string of the molecule is CC(C)CC(NC(=O)c1ccc(NC(=O)Nc2ccccc2)cc1)C(=O)O. The molecule has 0 aliphatic rings. The van der Waals surface area contributed by atoms with Crippen LogP contribution in [0.25, 0.3) is 0 Å². The standard InChI is InChI=1S/C20H23N3O4/c1-13(2)12-17(19(25)26)23-18(24)14-8-10-16(11-9-14)22-20(27)21-15-6-4-3-5-7-15/h3-11,13,17H,12H2,1-2H3,(H,23,24)(H,25,26)(H2,21,22,27). The number of nitrogens with one attached hydrogen (secondary N) is 3. The van der Waals surface area contributed by atoms with Crippen molar-refractivity contribution in [3.8, 4) is 0 Å². The van der Waals surface area contributed by atoms with Crippen molar-refractivity contribution < 1.29 is 19.5 Å². The molecule has 7 nitrogen and oxygen atoms in total. The van der Waals surface area contributed by atoms with Crippen LogP contribution in [0.1, 0.15) is 30.6 Å². The Bertz CT molecular complexity index is 789. The molecule has 7 heteroatoms. The second-order valence-corrected chi connectivity index (χ2v) is 6.52. The van der Waals surface area contributed by atoms with Crippen molar-refractivity contribution in [2.45, 2.75) is 26.3 Å². The first-order valence-electron chi connectivity index (χ1n) is 8.62. The number of carbonyl (C=O) groups excluding carboxylic acids is 2. The molecule has 4 N–H and O–H groups in total. The van der Waals surface area contributed by atoms with Gasteiger partial charge in [-0.05, 0) is 48.7 Å². The lowest BCUT2D eigenvalue weighted by atomic mass is 10.0. The van der Waals surface area contributed by atoms with Crippen LogP contribution in [-0.4, -0.2) is 29.1 Å². The van der Waals surface area contributed by atoms with Crippen LogP contribution in [0.2, 0.25) is 0 Å². The summed E-state index contributed by atoms with van der Waals surface area (Å²) in [6.45, 7) is 3.78. The highest BCUT2D eigenvalue weighted by molar-refractivity contribution is 6.00. The molecule has 27 heavy (non-hydrogen) atoms. The van der Waals surface area contributed by atoms with Crippen LogP contribution in [0, 0.1) is 5.92 Å². The van der Waals surface area contributed by atoms with Crippen LogP contribution >= 0.6 is 0 Å². The second kappa shape index (κ2) is 9.38. The highest BCUT2D eigenvalue weighted by Crippen LogP contribution is 2.12. The molecule has 1 unspecified atom stereocenters. The van der Waals surface area contributed by atoms with Gasteiger partial charge in [0.25, 0.3) is 5.91 Å². The number of hydrogen-bond donors (Lipinski definition) is 4. The Hall–Kier alpha value is -3.35. The fourth-order valence-corrected chi connectivity index (χ4v) is 2.45. The van der Waals surface area contributed by atoms with E-state index in [-0.39, 0.29) is 5.92 Å². The molecule has 142 valence electrons. The normalized spacial score (nSPS) is 11.5. The molecule has 2 rings (SSSR count). The zero-order valence-electron chi connectivity index (χ0n) is 15.2. The lowest BCUT2D eigenvalue weighted by molar-refractivity contribution is -0.139. The van der Waals surface area contributed by atoms with E-state index in [1.54, 1.807) is 24.3 Å². The van der Waals surface area contributed by atoms with E-state index in [0.29, 0.717) is 23.4 Å². The average Bonchev–Trinajstić information content (AvgIpc) is 2.62. The summed E-state index contributed by atoms with van der Waals surface area (Å²) in [6.07, 6.45) is 0.348. The van der Waals surface area contributed by atoms with Crippen molar-refractivity contribution in [3.05, 3.63) is 60.2 Å². The van der Waals surface area contributed by atoms with Gasteiger partial charge in [0.2, 0.25) is 0 Å². The molecule has 0 saturated heterocycles. The number of urea groups is 1. The number of aliphatic carboxylic acids is 1. The molecular weight excluding hydrogens is 346 g/mol. The minimum Gasteiger partial charge on any atom is -0.480 e. The lowest BCUT2D eigenvalue weighted by Gasteiger charge is -2.16. The van der Waals surface area contributed by atoms with Crippen LogP contribution in [0.5, 0.6) is 0 Å². The van der Waals surface area contributed by atoms with E-state index in [2.05, 4.69) is 16.0 Å². The highest BCUT2D eigenvalue weighted by atomic mass is 16.4. The van der Waals surface area contributed by atoms with Gasteiger partial charge in [0.15, 0.2) is 0 Å². The summed E-state index contributed by atoms with van der Waals surface area (Å²) in [4.78, 5) is 35.5. The minimum atomic E-state index is -1.06. The van der Waals surface area contributed by atoms with Gasteiger partial charge in [-0.25, -0.2) is 9.59 Å². The minimum absolute atomic E-state index is 0.140. The van der Waals surface area contributed by atoms with E-state index < -0.39 is 23.9 Å². The van der Waals surface area contributed by atoms with E-state index >= 15 is 0 Å². The molecule has 2 aromatic carbocycles. The van der Waals surface area contributed by atoms with Gasteiger partial charge in [0, 0.05) is 16.9 Å². The summed E-state index contributed by atoms with van der Waals surface area (Å²) in [5.74, 6) is -1.39. The van der Waals surface area contributed by atoms with E-state index in [4.69, 9.17) is 0 Å². The molecular formula is C20H23N3O4. The smallest absolute Gasteiger partial charge is 0.326 e. The van der Waals surface area contributed by atoms with Crippen LogP contribution in [0.3, 0.4) is 0 Å². The van der Waals surface area contributed by atoms with Gasteiger partial charge >= 0.3 is 12.0 Å². The van der Waals surface area contributed by atoms with E-state index in [1.807, 2.05) is 32.0 Å². The van der Waals surface area contributed by atoms with Crippen LogP contribution in [0.15, 0.2) is 54.6 Å². The average molecular weight is 369 g/mol. The first kappa shape index (κ1) is 20.0. The van der Waals surface area contributed by atoms with Gasteiger partial charge in [-0.15, -0.1) is 0 Å². The van der Waals surface area contributed by atoms with Gasteiger partial charge in [-0.2, -0.15) is 0 Å². The van der Waals surface area contributed by atoms with E-state index in [0.717, 1.165) is 0 Å². The summed E-state index contributed by atoms with van der Waals surface area (Å²) >= 11 is 0. The molecule has 0 saturated carbocycles. The quantitative estimate of drug-likeness (QED) is 0.598. The van der Waals surface area contributed by atoms with Gasteiger partial charge in [0.05, 0.1) is 0 Å². The second-order valence-electron chi connectivity index (χ2n) is 6.52. The predicted octanol–water partition coefficient (Wildman–Crippen LogP) is 3.56. The molecule has 1 atom stereocenters. The van der Waals surface area contributed by atoms with Crippen LogP contribution < -0.4 is 16.0 Å². The Morgan fingerprint density at radius 2 is 1.44 bits per heavy atom. The van der Waals surface area contributed by atoms with Crippen molar-refractivity contribution in [2.75, 3.05) is 10.6 Å². The maximum atomic E-state index is 12.2. The zero-order chi connectivity index (χ0) is 19.8. The number of amides is 3. The molecule has 0 bridgehead atoms. The van der Waals surface area contributed by atoms with Crippen molar-refractivity contribution >= 4 is 29.3 Å². The van der Waals surface area contributed by atoms with Crippen molar-refractivity contribution in [3.63, 3.8) is 0 Å². The first-order chi connectivity index (χ1) is 12.8. The number of anilines is 2. The number of para-hydroxylation sites is 1. The molecule has 2 aromatic rings. The highest BCUT2D eigenvalue weighted by Gasteiger charge is 2.21. The van der Waals surface area contributed by atoms with E-state index in [9.17, 15) is 19.5 Å². The topological polar surface area (TPSA) is 108 Å². The maximum absolute atomic E-state index is 12.2. The summed E-state index contributed by atoms with van der Waals surface area (Å²) in [6, 6.07) is 13.9. The summed E-state index contributed by atoms with van der Waals surface area (Å²) < 4.78 is 0. The summed E-state index contributed by atoms with van der Waals surface area (Å²) in [7, 11) is 0. The third kappa shape index (κ3) is 6.47. The molecule has 0 aliphatic carbocycles. The summed E-state index contributed by atoms with van der Waals surface area (Å²) in [5, 5.41) is 17.1. The summed E-state index contributed by atoms with van der Waals surface area (Å²) in [5.41, 5.74) is 1.49. The van der Waals surface area contributed by atoms with Crippen LogP contribution in [0.4, 0.5) is 16.2 Å². The number of benzene rings is 2. The molecule has 0 spiro atoms. The fraction of sp³-hybridized carbons (Fsp3) is 0.250. The Labute approximate surface area is 157 Å². The Balaban J connectivity index is 1.94. The molecule has 0 aromatic heterocycles. The molecule has 0 radical (unpaired) electrons. The molecule has 0 aliphatic heterocycles. The maximum Gasteiger partial charge on any atom is 0.326 e. The van der Waals surface area contributed by atoms with Gasteiger partial charge in [0.1, 0.15) is 6.04 Å². The predicted molar refractivity (Wildman–Crippen MR) is 104 cm³/mol. The molecule has 3 amide bonds. The van der Waals surface area contributed by atoms with Crippen molar-refractivity contribution in [1.29, 1.82) is 0 Å². The number of carboxylic acids is 1. The van der Waals surface area contributed by atoms with E-state index in [1.165, 1.54) is 12.1 Å². The van der Waals surface area contributed by atoms with Gasteiger partial charge in [-0.1, -0.05) is 32.0 Å². The Kier molecular flexibility index (Phi) is 6.93. The van der Waals surface area contributed by atoms with Gasteiger partial charge < -0.3 is 21.1 Å².